The molecule has 0 saturated carbocycles. The third kappa shape index (κ3) is 4.75. The van der Waals surface area contributed by atoms with Crippen LogP contribution in [0.5, 0.6) is 5.75 Å². The number of anilines is 1. The number of aromatic nitrogens is 2. The molecule has 0 aliphatic carbocycles. The lowest BCUT2D eigenvalue weighted by Crippen LogP contribution is -2.68. The van der Waals surface area contributed by atoms with Crippen molar-refractivity contribution in [2.24, 2.45) is 0 Å². The highest BCUT2D eigenvalue weighted by molar-refractivity contribution is 5.77. The Bertz CT molecular complexity index is 1220. The Balaban J connectivity index is 0.000000471. The summed E-state index contributed by atoms with van der Waals surface area (Å²) in [6.07, 6.45) is 5.45. The Morgan fingerprint density at radius 2 is 1.76 bits per heavy atom. The van der Waals surface area contributed by atoms with E-state index in [2.05, 4.69) is 89.4 Å². The lowest BCUT2D eigenvalue weighted by Gasteiger charge is -2.17. The number of benzene rings is 2. The van der Waals surface area contributed by atoms with E-state index >= 15 is 0 Å². The van der Waals surface area contributed by atoms with Gasteiger partial charge in [0.05, 0.1) is 18.8 Å². The molecule has 0 radical (unpaired) electrons. The van der Waals surface area contributed by atoms with Crippen LogP contribution in [-0.4, -0.2) is 11.1 Å². The molecule has 1 aromatic heterocycles. The largest absolute Gasteiger partial charge is 0.439 e. The zero-order valence-corrected chi connectivity index (χ0v) is 19.5. The maximum Gasteiger partial charge on any atom is 0.285 e. The second-order valence-corrected chi connectivity index (χ2v) is 8.61. The molecule has 9 heteroatoms. The lowest BCUT2D eigenvalue weighted by molar-refractivity contribution is -2.00. The number of nitrogens with zero attached hydrogens (tertiary/aromatic N) is 3. The third-order valence-corrected chi connectivity index (χ3v) is 5.81. The Labute approximate surface area is 194 Å². The molecule has 0 N–H and O–H groups in total. The molecule has 8 nitrogen and oxygen atoms in total. The van der Waals surface area contributed by atoms with E-state index in [0.717, 1.165) is 43.4 Å². The van der Waals surface area contributed by atoms with Crippen molar-refractivity contribution in [2.75, 3.05) is 11.4 Å². The summed E-state index contributed by atoms with van der Waals surface area (Å²) in [4.78, 5) is 2.25. The molecule has 2 aromatic carbocycles. The van der Waals surface area contributed by atoms with Crippen molar-refractivity contribution >= 4 is 22.3 Å². The first-order valence-corrected chi connectivity index (χ1v) is 12.0. The topological polar surface area (TPSA) is 114 Å². The third-order valence-electron chi connectivity index (χ3n) is 5.81. The highest BCUT2D eigenvalue weighted by atomic mass is 35.7. The maximum atomic E-state index is 8.49. The maximum absolute atomic E-state index is 8.49. The van der Waals surface area contributed by atoms with Gasteiger partial charge in [-0.3, -0.25) is 0 Å². The van der Waals surface area contributed by atoms with Crippen LogP contribution in [0.1, 0.15) is 31.7 Å². The minimum atomic E-state index is -4.94. The molecule has 174 valence electrons. The summed E-state index contributed by atoms with van der Waals surface area (Å²) in [6, 6.07) is 15.1. The number of halogens is 1. The van der Waals surface area contributed by atoms with Gasteiger partial charge < -0.3 is 9.64 Å². The molecular formula is C24H26ClN3O5. The summed E-state index contributed by atoms with van der Waals surface area (Å²) in [6.45, 7) is 9.41. The van der Waals surface area contributed by atoms with Crippen LogP contribution in [-0.2, 0) is 13.1 Å². The fourth-order valence-electron chi connectivity index (χ4n) is 4.52. The van der Waals surface area contributed by atoms with Crippen LogP contribution in [0.25, 0.3) is 16.6 Å². The summed E-state index contributed by atoms with van der Waals surface area (Å²) >= 11 is 0. The molecule has 2 aliphatic heterocycles. The van der Waals surface area contributed by atoms with Crippen LogP contribution >= 0.6 is 0 Å². The molecule has 3 aromatic rings. The Morgan fingerprint density at radius 3 is 2.45 bits per heavy atom. The highest BCUT2D eigenvalue weighted by Gasteiger charge is 2.32. The van der Waals surface area contributed by atoms with Crippen LogP contribution in [0.3, 0.4) is 0 Å². The van der Waals surface area contributed by atoms with Crippen molar-refractivity contribution in [2.45, 2.75) is 40.3 Å². The molecule has 3 heterocycles. The molecular weight excluding hydrogens is 446 g/mol. The standard InChI is InChI=1S/C24H26N3O.ClHO4/c1-4-25-21-16-17(3)10-12-22(21)28-23(25)13-11-18-14-15-27-20-9-7-6-8-19(20)26(5-2)24(18)27;2-1(3,4)5/h6-13,16H,4-5,14-15H2,1-3H3;(H,2,3,4,5)/q+1;/p-1. The molecule has 0 atom stereocenters. The highest BCUT2D eigenvalue weighted by Crippen LogP contribution is 2.39. The van der Waals surface area contributed by atoms with E-state index in [9.17, 15) is 0 Å². The predicted octanol–water partition coefficient (Wildman–Crippen LogP) is 0.0485. The van der Waals surface area contributed by atoms with Gasteiger partial charge in [-0.1, -0.05) is 18.2 Å². The van der Waals surface area contributed by atoms with Gasteiger partial charge in [-0.25, -0.2) is 27.8 Å². The van der Waals surface area contributed by atoms with Gasteiger partial charge in [0.2, 0.25) is 5.88 Å². The average molecular weight is 472 g/mol. The van der Waals surface area contributed by atoms with Crippen molar-refractivity contribution in [3.8, 4) is 5.75 Å². The number of rotatable bonds is 3. The normalized spacial score (nSPS) is 17.2. The van der Waals surface area contributed by atoms with Crippen LogP contribution in [0.4, 0.5) is 5.69 Å². The minimum absolute atomic E-state index is 0.890. The number of fused-ring (bicyclic) bond motifs is 4. The van der Waals surface area contributed by atoms with Gasteiger partial charge in [0, 0.05) is 18.5 Å². The number of para-hydroxylation sites is 2. The second kappa shape index (κ2) is 9.17. The first-order chi connectivity index (χ1) is 15.7. The van der Waals surface area contributed by atoms with Gasteiger partial charge >= 0.3 is 0 Å². The van der Waals surface area contributed by atoms with E-state index in [0.29, 0.717) is 0 Å². The number of hydrogen-bond acceptors (Lipinski definition) is 6. The summed E-state index contributed by atoms with van der Waals surface area (Å²) in [5.74, 6) is 3.18. The number of aryl methyl sites for hydroxylation is 3. The molecule has 0 spiro atoms. The van der Waals surface area contributed by atoms with Crippen LogP contribution in [0.2, 0.25) is 0 Å². The number of ether oxygens (including phenoxy) is 1. The number of hydrogen-bond donors (Lipinski definition) is 0. The molecule has 0 unspecified atom stereocenters. The van der Waals surface area contributed by atoms with Crippen molar-refractivity contribution < 1.29 is 38.2 Å². The molecule has 0 saturated heterocycles. The fraction of sp³-hybridized carbons (Fsp3) is 0.292. The van der Waals surface area contributed by atoms with Gasteiger partial charge in [-0.2, -0.15) is 0 Å². The van der Waals surface area contributed by atoms with E-state index in [1.807, 2.05) is 0 Å². The van der Waals surface area contributed by atoms with Crippen molar-refractivity contribution in [3.63, 3.8) is 0 Å². The number of allylic oxidation sites excluding steroid dienone is 3. The first kappa shape index (κ1) is 23.3. The van der Waals surface area contributed by atoms with Crippen LogP contribution in [0, 0.1) is 17.2 Å². The Hall–Kier alpha value is -2.88. The Morgan fingerprint density at radius 1 is 1.03 bits per heavy atom. The quantitative estimate of drug-likeness (QED) is 0.499. The average Bonchev–Trinajstić information content (AvgIpc) is 3.41. The number of imidazole rings is 1. The zero-order chi connectivity index (χ0) is 23.8. The smallest absolute Gasteiger partial charge is 0.285 e. The molecule has 5 rings (SSSR count). The summed E-state index contributed by atoms with van der Waals surface area (Å²) in [5, 5.41) is 0. The van der Waals surface area contributed by atoms with E-state index in [1.165, 1.54) is 28.0 Å². The van der Waals surface area contributed by atoms with Gasteiger partial charge in [0.15, 0.2) is 16.8 Å². The van der Waals surface area contributed by atoms with Crippen LogP contribution < -0.4 is 32.8 Å². The molecule has 0 bridgehead atoms. The van der Waals surface area contributed by atoms with E-state index in [4.69, 9.17) is 23.4 Å². The zero-order valence-electron chi connectivity index (χ0n) is 18.8. The molecule has 2 aliphatic rings. The summed E-state index contributed by atoms with van der Waals surface area (Å²) < 4.78 is 45.0. The minimum Gasteiger partial charge on any atom is -0.439 e. The lowest BCUT2D eigenvalue weighted by atomic mass is 10.2. The molecule has 33 heavy (non-hydrogen) atoms. The van der Waals surface area contributed by atoms with Gasteiger partial charge in [-0.15, -0.1) is 10.2 Å². The SMILES string of the molecule is CCN1C(=CC=C2CC[n+]3c2n(CC)c2ccccc23)Oc2ccc(C)cc21.[O-][Cl+3]([O-])([O-])[O-]. The molecule has 0 fully saturated rings. The van der Waals surface area contributed by atoms with Gasteiger partial charge in [0.25, 0.3) is 5.82 Å². The van der Waals surface area contributed by atoms with Crippen molar-refractivity contribution in [1.29, 1.82) is 0 Å². The van der Waals surface area contributed by atoms with Crippen molar-refractivity contribution in [3.05, 3.63) is 71.9 Å². The van der Waals surface area contributed by atoms with Gasteiger partial charge in [0.1, 0.15) is 0 Å². The predicted molar refractivity (Wildman–Crippen MR) is 113 cm³/mol. The monoisotopic (exact) mass is 471 g/mol. The van der Waals surface area contributed by atoms with E-state index in [-0.39, 0.29) is 0 Å². The summed E-state index contributed by atoms with van der Waals surface area (Å²) in [7, 11) is -4.94. The fourth-order valence-corrected chi connectivity index (χ4v) is 4.52. The van der Waals surface area contributed by atoms with E-state index < -0.39 is 10.2 Å². The Kier molecular flexibility index (Phi) is 6.47. The van der Waals surface area contributed by atoms with Crippen molar-refractivity contribution in [1.82, 2.24) is 4.57 Å². The first-order valence-electron chi connectivity index (χ1n) is 10.8. The summed E-state index contributed by atoms with van der Waals surface area (Å²) in [5.41, 5.74) is 6.43. The molecule has 0 amide bonds. The van der Waals surface area contributed by atoms with E-state index in [1.54, 1.807) is 0 Å². The van der Waals surface area contributed by atoms with Crippen LogP contribution in [0.15, 0.2) is 60.5 Å². The van der Waals surface area contributed by atoms with Gasteiger partial charge in [-0.05, 0) is 62.8 Å². The second-order valence-electron chi connectivity index (χ2n) is 7.85.